The number of benzene rings is 1. The molecule has 2 aromatic rings. The number of aromatic amines is 1. The zero-order valence-corrected chi connectivity index (χ0v) is 10.9. The lowest BCUT2D eigenvalue weighted by atomic mass is 10.2. The number of nitrogens with zero attached hydrogens (tertiary/aromatic N) is 1. The van der Waals surface area contributed by atoms with Crippen LogP contribution in [-0.2, 0) is 6.42 Å². The first-order valence-corrected chi connectivity index (χ1v) is 6.12. The lowest BCUT2D eigenvalue weighted by Crippen LogP contribution is -2.25. The van der Waals surface area contributed by atoms with Gasteiger partial charge in [0.2, 0.25) is 0 Å². The third-order valence-electron chi connectivity index (χ3n) is 2.36. The highest BCUT2D eigenvalue weighted by Crippen LogP contribution is 2.18. The summed E-state index contributed by atoms with van der Waals surface area (Å²) in [5.74, 6) is -0.195. The van der Waals surface area contributed by atoms with Gasteiger partial charge in [-0.05, 0) is 18.2 Å². The summed E-state index contributed by atoms with van der Waals surface area (Å²) < 4.78 is 0. The molecule has 18 heavy (non-hydrogen) atoms. The molecule has 2 rings (SSSR count). The smallest absolute Gasteiger partial charge is 0.251 e. The van der Waals surface area contributed by atoms with Gasteiger partial charge in [0.05, 0.1) is 6.33 Å². The average molecular weight is 284 g/mol. The van der Waals surface area contributed by atoms with E-state index in [1.54, 1.807) is 30.7 Å². The second-order valence-corrected chi connectivity index (χ2v) is 4.61. The Morgan fingerprint density at radius 3 is 2.61 bits per heavy atom. The molecule has 0 bridgehead atoms. The van der Waals surface area contributed by atoms with Crippen LogP contribution in [0.25, 0.3) is 0 Å². The van der Waals surface area contributed by atoms with Gasteiger partial charge in [0, 0.05) is 40.5 Å². The van der Waals surface area contributed by atoms with Crippen LogP contribution in [0, 0.1) is 0 Å². The van der Waals surface area contributed by atoms with Crippen molar-refractivity contribution in [3.8, 4) is 0 Å². The molecular weight excluding hydrogens is 273 g/mol. The van der Waals surface area contributed by atoms with E-state index in [2.05, 4.69) is 15.3 Å². The van der Waals surface area contributed by atoms with Crippen molar-refractivity contribution in [3.05, 3.63) is 52.0 Å². The molecule has 0 saturated carbocycles. The van der Waals surface area contributed by atoms with Crippen LogP contribution in [0.15, 0.2) is 30.7 Å². The van der Waals surface area contributed by atoms with E-state index in [0.29, 0.717) is 28.6 Å². The molecule has 0 unspecified atom stereocenters. The van der Waals surface area contributed by atoms with Crippen molar-refractivity contribution in [2.24, 2.45) is 0 Å². The van der Waals surface area contributed by atoms with Crippen molar-refractivity contribution < 1.29 is 4.79 Å². The summed E-state index contributed by atoms with van der Waals surface area (Å²) in [5, 5.41) is 3.68. The van der Waals surface area contributed by atoms with Gasteiger partial charge < -0.3 is 10.3 Å². The molecule has 0 fully saturated rings. The number of amides is 1. The maximum absolute atomic E-state index is 11.8. The Bertz CT molecular complexity index is 520. The van der Waals surface area contributed by atoms with Crippen molar-refractivity contribution >= 4 is 29.1 Å². The molecule has 0 atom stereocenters. The van der Waals surface area contributed by atoms with Gasteiger partial charge in [-0.15, -0.1) is 0 Å². The fourth-order valence-electron chi connectivity index (χ4n) is 1.52. The number of nitrogens with one attached hydrogen (secondary N) is 2. The largest absolute Gasteiger partial charge is 0.352 e. The number of hydrogen-bond acceptors (Lipinski definition) is 2. The van der Waals surface area contributed by atoms with Crippen molar-refractivity contribution in [3.63, 3.8) is 0 Å². The minimum atomic E-state index is -0.195. The third kappa shape index (κ3) is 3.48. The molecule has 0 saturated heterocycles. The average Bonchev–Trinajstić information content (AvgIpc) is 2.80. The van der Waals surface area contributed by atoms with Crippen molar-refractivity contribution in [1.82, 2.24) is 15.3 Å². The maximum Gasteiger partial charge on any atom is 0.251 e. The quantitative estimate of drug-likeness (QED) is 0.906. The van der Waals surface area contributed by atoms with E-state index < -0.39 is 0 Å². The number of hydrogen-bond donors (Lipinski definition) is 2. The molecule has 0 radical (unpaired) electrons. The van der Waals surface area contributed by atoms with Crippen LogP contribution in [-0.4, -0.2) is 22.4 Å². The summed E-state index contributed by atoms with van der Waals surface area (Å²) in [5.41, 5.74) is 1.43. The number of halogens is 2. The van der Waals surface area contributed by atoms with Crippen LogP contribution in [0.1, 0.15) is 16.1 Å². The Kier molecular flexibility index (Phi) is 4.23. The van der Waals surface area contributed by atoms with E-state index in [4.69, 9.17) is 23.2 Å². The number of carbonyl (C=O) groups is 1. The second-order valence-electron chi connectivity index (χ2n) is 3.74. The highest BCUT2D eigenvalue weighted by molar-refractivity contribution is 6.35. The number of aromatic nitrogens is 2. The third-order valence-corrected chi connectivity index (χ3v) is 2.80. The van der Waals surface area contributed by atoms with Crippen molar-refractivity contribution in [2.45, 2.75) is 6.42 Å². The molecule has 0 aliphatic rings. The maximum atomic E-state index is 11.8. The van der Waals surface area contributed by atoms with E-state index in [1.807, 2.05) is 0 Å². The van der Waals surface area contributed by atoms with E-state index in [-0.39, 0.29) is 5.91 Å². The van der Waals surface area contributed by atoms with Gasteiger partial charge in [-0.1, -0.05) is 23.2 Å². The van der Waals surface area contributed by atoms with Gasteiger partial charge in [-0.25, -0.2) is 4.98 Å². The molecule has 1 amide bonds. The topological polar surface area (TPSA) is 57.8 Å². The van der Waals surface area contributed by atoms with E-state index in [1.165, 1.54) is 0 Å². The minimum absolute atomic E-state index is 0.195. The molecule has 4 nitrogen and oxygen atoms in total. The number of rotatable bonds is 4. The Morgan fingerprint density at radius 2 is 2.00 bits per heavy atom. The first-order valence-electron chi connectivity index (χ1n) is 5.36. The van der Waals surface area contributed by atoms with Crippen LogP contribution >= 0.6 is 23.2 Å². The Hall–Kier alpha value is -1.52. The van der Waals surface area contributed by atoms with E-state index >= 15 is 0 Å². The highest BCUT2D eigenvalue weighted by atomic mass is 35.5. The van der Waals surface area contributed by atoms with Gasteiger partial charge in [0.1, 0.15) is 0 Å². The molecule has 1 heterocycles. The fourth-order valence-corrected chi connectivity index (χ4v) is 2.05. The minimum Gasteiger partial charge on any atom is -0.352 e. The SMILES string of the molecule is O=C(NCCc1cnc[nH]1)c1cc(Cl)cc(Cl)c1. The molecular formula is C12H11Cl2N3O. The summed E-state index contributed by atoms with van der Waals surface area (Å²) in [6.07, 6.45) is 4.02. The first kappa shape index (κ1) is 12.9. The van der Waals surface area contributed by atoms with Gasteiger partial charge in [-0.3, -0.25) is 4.79 Å². The van der Waals surface area contributed by atoms with Crippen LogP contribution in [0.3, 0.4) is 0 Å². The summed E-state index contributed by atoms with van der Waals surface area (Å²) in [4.78, 5) is 18.7. The van der Waals surface area contributed by atoms with Crippen molar-refractivity contribution in [2.75, 3.05) is 6.54 Å². The van der Waals surface area contributed by atoms with Crippen LogP contribution < -0.4 is 5.32 Å². The Balaban J connectivity index is 1.91. The molecule has 94 valence electrons. The standard InChI is InChI=1S/C12H11Cl2N3O/c13-9-3-8(4-10(14)5-9)12(18)16-2-1-11-6-15-7-17-11/h3-7H,1-2H2,(H,15,17)(H,16,18). The molecule has 0 aliphatic heterocycles. The lowest BCUT2D eigenvalue weighted by molar-refractivity contribution is 0.0954. The number of H-pyrrole nitrogens is 1. The zero-order valence-electron chi connectivity index (χ0n) is 9.41. The molecule has 0 spiro atoms. The zero-order chi connectivity index (χ0) is 13.0. The predicted octanol–water partition coefficient (Wildman–Crippen LogP) is 2.69. The number of imidazole rings is 1. The summed E-state index contributed by atoms with van der Waals surface area (Å²) in [7, 11) is 0. The number of carbonyl (C=O) groups excluding carboxylic acids is 1. The summed E-state index contributed by atoms with van der Waals surface area (Å²) in [6, 6.07) is 4.75. The monoisotopic (exact) mass is 283 g/mol. The Morgan fingerprint density at radius 1 is 1.28 bits per heavy atom. The van der Waals surface area contributed by atoms with Crippen molar-refractivity contribution in [1.29, 1.82) is 0 Å². The van der Waals surface area contributed by atoms with Gasteiger partial charge >= 0.3 is 0 Å². The lowest BCUT2D eigenvalue weighted by Gasteiger charge is -2.05. The van der Waals surface area contributed by atoms with E-state index in [0.717, 1.165) is 5.69 Å². The molecule has 1 aromatic heterocycles. The Labute approximate surface area is 114 Å². The summed E-state index contributed by atoms with van der Waals surface area (Å²) >= 11 is 11.7. The summed E-state index contributed by atoms with van der Waals surface area (Å²) in [6.45, 7) is 0.519. The normalized spacial score (nSPS) is 10.3. The van der Waals surface area contributed by atoms with Gasteiger partial charge in [0.15, 0.2) is 0 Å². The molecule has 0 aliphatic carbocycles. The molecule has 1 aromatic carbocycles. The van der Waals surface area contributed by atoms with Crippen LogP contribution in [0.4, 0.5) is 0 Å². The van der Waals surface area contributed by atoms with Crippen LogP contribution in [0.2, 0.25) is 10.0 Å². The molecule has 2 N–H and O–H groups in total. The van der Waals surface area contributed by atoms with Crippen LogP contribution in [0.5, 0.6) is 0 Å². The predicted molar refractivity (Wildman–Crippen MR) is 71.1 cm³/mol. The first-order chi connectivity index (χ1) is 8.65. The van der Waals surface area contributed by atoms with E-state index in [9.17, 15) is 4.79 Å². The highest BCUT2D eigenvalue weighted by Gasteiger charge is 2.07. The van der Waals surface area contributed by atoms with Gasteiger partial charge in [-0.2, -0.15) is 0 Å². The molecule has 6 heteroatoms. The van der Waals surface area contributed by atoms with Gasteiger partial charge in [0.25, 0.3) is 5.91 Å². The fraction of sp³-hybridized carbons (Fsp3) is 0.167. The second kappa shape index (κ2) is 5.89.